The van der Waals surface area contributed by atoms with E-state index in [2.05, 4.69) is 36.8 Å². The number of ether oxygens (including phenoxy) is 3. The summed E-state index contributed by atoms with van der Waals surface area (Å²) in [6.45, 7) is 2.06. The molecule has 0 aliphatic heterocycles. The van der Waals surface area contributed by atoms with Crippen LogP contribution in [0, 0.1) is 0 Å². The summed E-state index contributed by atoms with van der Waals surface area (Å²) in [6, 6.07) is -0.143. The van der Waals surface area contributed by atoms with E-state index in [-0.39, 0.29) is 47.1 Å². The number of aromatic nitrogens is 6. The molecule has 10 nitrogen and oxygen atoms in total. The third-order valence-electron chi connectivity index (χ3n) is 6.17. The van der Waals surface area contributed by atoms with Gasteiger partial charge in [-0.3, -0.25) is 4.79 Å². The maximum absolute atomic E-state index is 12.3. The molecule has 2 aromatic rings. The molecule has 1 unspecified atom stereocenters. The first-order valence-electron chi connectivity index (χ1n) is 14.3. The quantitative estimate of drug-likeness (QED) is 0.0905. The lowest BCUT2D eigenvalue weighted by atomic mass is 10.0. The molecule has 0 saturated heterocycles. The van der Waals surface area contributed by atoms with Crippen molar-refractivity contribution in [3.05, 3.63) is 22.2 Å². The van der Waals surface area contributed by atoms with E-state index in [4.69, 9.17) is 49.0 Å². The van der Waals surface area contributed by atoms with Gasteiger partial charge in [-0.1, -0.05) is 96.8 Å². The summed E-state index contributed by atoms with van der Waals surface area (Å²) in [5.74, 6) is -0.321. The van der Waals surface area contributed by atoms with Gasteiger partial charge in [-0.25, -0.2) is 4.98 Å². The van der Waals surface area contributed by atoms with E-state index in [0.717, 1.165) is 19.3 Å². The highest BCUT2D eigenvalue weighted by Crippen LogP contribution is 2.16. The zero-order valence-electron chi connectivity index (χ0n) is 23.3. The molecule has 2 heterocycles. The normalized spacial score (nSPS) is 11.8. The molecular formula is C27H41Cl3N6O4. The second kappa shape index (κ2) is 21.7. The van der Waals surface area contributed by atoms with Gasteiger partial charge in [0.1, 0.15) is 19.5 Å². The Morgan fingerprint density at radius 3 is 1.75 bits per heavy atom. The van der Waals surface area contributed by atoms with Gasteiger partial charge in [0.2, 0.25) is 15.9 Å². The number of halogens is 3. The van der Waals surface area contributed by atoms with Gasteiger partial charge in [-0.2, -0.15) is 24.9 Å². The van der Waals surface area contributed by atoms with Crippen molar-refractivity contribution in [2.75, 3.05) is 13.2 Å². The lowest BCUT2D eigenvalue weighted by Gasteiger charge is -2.18. The van der Waals surface area contributed by atoms with Crippen molar-refractivity contribution in [3.8, 4) is 12.0 Å². The predicted molar refractivity (Wildman–Crippen MR) is 155 cm³/mol. The molecule has 0 fully saturated rings. The van der Waals surface area contributed by atoms with Crippen LogP contribution in [0.25, 0.3) is 0 Å². The molecule has 0 amide bonds. The molecule has 224 valence electrons. The van der Waals surface area contributed by atoms with E-state index in [1.165, 1.54) is 83.4 Å². The minimum Gasteiger partial charge on any atom is -0.462 e. The first-order chi connectivity index (χ1) is 19.5. The second-order valence-electron chi connectivity index (χ2n) is 9.63. The summed E-state index contributed by atoms with van der Waals surface area (Å²) in [7, 11) is 0. The van der Waals surface area contributed by atoms with Crippen LogP contribution in [0.1, 0.15) is 110 Å². The van der Waals surface area contributed by atoms with Gasteiger partial charge in [0, 0.05) is 6.42 Å². The number of hydrogen-bond donors (Lipinski definition) is 0. The standard InChI is InChI=1S/C27H41Cl3N6O4/c1-2-3-4-5-6-7-8-9-10-11-12-13-14-15-16-17-22(37)38-18-21(19-39-26-32-20-31-23(28)34-26)40-27-35-24(29)33-25(30)36-27/h20-21H,2-19H2,1H3. The molecule has 0 bridgehead atoms. The van der Waals surface area contributed by atoms with E-state index in [1.807, 2.05) is 0 Å². The van der Waals surface area contributed by atoms with Gasteiger partial charge in [0.15, 0.2) is 6.10 Å². The van der Waals surface area contributed by atoms with Crippen LogP contribution >= 0.6 is 34.8 Å². The van der Waals surface area contributed by atoms with Crippen molar-refractivity contribution >= 4 is 40.8 Å². The average molecular weight is 620 g/mol. The highest BCUT2D eigenvalue weighted by Gasteiger charge is 2.19. The third-order valence-corrected chi connectivity index (χ3v) is 6.69. The van der Waals surface area contributed by atoms with Crippen LogP contribution in [0.5, 0.6) is 12.0 Å². The van der Waals surface area contributed by atoms with E-state index in [1.54, 1.807) is 0 Å². The van der Waals surface area contributed by atoms with Gasteiger partial charge in [-0.05, 0) is 41.2 Å². The predicted octanol–water partition coefficient (Wildman–Crippen LogP) is 7.65. The summed E-state index contributed by atoms with van der Waals surface area (Å²) >= 11 is 17.4. The smallest absolute Gasteiger partial charge is 0.322 e. The topological polar surface area (TPSA) is 122 Å². The van der Waals surface area contributed by atoms with Crippen LogP contribution in [0.3, 0.4) is 0 Å². The van der Waals surface area contributed by atoms with Crippen LogP contribution in [0.15, 0.2) is 6.33 Å². The molecular weight excluding hydrogens is 579 g/mol. The summed E-state index contributed by atoms with van der Waals surface area (Å²) < 4.78 is 16.6. The number of carbonyl (C=O) groups excluding carboxylic acids is 1. The van der Waals surface area contributed by atoms with E-state index in [9.17, 15) is 4.79 Å². The SMILES string of the molecule is CCCCCCCCCCCCCCCCCC(=O)OCC(COc1ncnc(Cl)n1)Oc1nc(Cl)nc(Cl)n1. The molecule has 0 saturated carbocycles. The summed E-state index contributed by atoms with van der Waals surface area (Å²) in [5.41, 5.74) is 0. The minimum atomic E-state index is -0.796. The Balaban J connectivity index is 1.59. The Bertz CT molecular complexity index is 955. The maximum atomic E-state index is 12.3. The van der Waals surface area contributed by atoms with Gasteiger partial charge in [0.05, 0.1) is 0 Å². The number of unbranched alkanes of at least 4 members (excludes halogenated alkanes) is 14. The molecule has 1 atom stereocenters. The minimum absolute atomic E-state index is 0.00978. The Morgan fingerprint density at radius 1 is 0.675 bits per heavy atom. The van der Waals surface area contributed by atoms with Gasteiger partial charge in [0.25, 0.3) is 0 Å². The van der Waals surface area contributed by atoms with E-state index < -0.39 is 6.10 Å². The van der Waals surface area contributed by atoms with E-state index >= 15 is 0 Å². The highest BCUT2D eigenvalue weighted by atomic mass is 35.5. The monoisotopic (exact) mass is 618 g/mol. The molecule has 40 heavy (non-hydrogen) atoms. The molecule has 0 aromatic carbocycles. The van der Waals surface area contributed by atoms with Crippen molar-refractivity contribution in [3.63, 3.8) is 0 Å². The van der Waals surface area contributed by atoms with Crippen molar-refractivity contribution in [2.24, 2.45) is 0 Å². The first kappa shape index (κ1) is 34.2. The van der Waals surface area contributed by atoms with Crippen LogP contribution < -0.4 is 9.47 Å². The molecule has 0 N–H and O–H groups in total. The van der Waals surface area contributed by atoms with Crippen molar-refractivity contribution in [2.45, 2.75) is 116 Å². The van der Waals surface area contributed by atoms with Gasteiger partial charge in [-0.15, -0.1) is 0 Å². The Morgan fingerprint density at radius 2 is 1.20 bits per heavy atom. The fourth-order valence-corrected chi connectivity index (χ4v) is 4.49. The summed E-state index contributed by atoms with van der Waals surface area (Å²) in [5, 5.41) is -0.290. The molecule has 0 radical (unpaired) electrons. The summed E-state index contributed by atoms with van der Waals surface area (Å²) in [6.07, 6.45) is 19.7. The van der Waals surface area contributed by atoms with Crippen LogP contribution in [-0.2, 0) is 9.53 Å². The van der Waals surface area contributed by atoms with Gasteiger partial charge < -0.3 is 14.2 Å². The number of carbonyl (C=O) groups is 1. The van der Waals surface area contributed by atoms with Crippen molar-refractivity contribution < 1.29 is 19.0 Å². The summed E-state index contributed by atoms with van der Waals surface area (Å²) in [4.78, 5) is 35.2. The molecule has 0 aliphatic rings. The average Bonchev–Trinajstić information content (AvgIpc) is 2.92. The Labute approximate surface area is 252 Å². The zero-order chi connectivity index (χ0) is 28.8. The fourth-order valence-electron chi connectivity index (χ4n) is 4.03. The zero-order valence-corrected chi connectivity index (χ0v) is 25.6. The molecule has 0 aliphatic carbocycles. The highest BCUT2D eigenvalue weighted by molar-refractivity contribution is 6.31. The van der Waals surface area contributed by atoms with Crippen LogP contribution in [-0.4, -0.2) is 55.2 Å². The number of nitrogens with zero attached hydrogens (tertiary/aromatic N) is 6. The molecule has 2 rings (SSSR count). The number of rotatable bonds is 23. The maximum Gasteiger partial charge on any atom is 0.322 e. The van der Waals surface area contributed by atoms with Crippen LogP contribution in [0.4, 0.5) is 0 Å². The lowest BCUT2D eigenvalue weighted by Crippen LogP contribution is -2.32. The fraction of sp³-hybridized carbons (Fsp3) is 0.741. The van der Waals surface area contributed by atoms with Gasteiger partial charge >= 0.3 is 18.0 Å². The van der Waals surface area contributed by atoms with Crippen molar-refractivity contribution in [1.82, 2.24) is 29.9 Å². The number of esters is 1. The lowest BCUT2D eigenvalue weighted by molar-refractivity contribution is -0.146. The van der Waals surface area contributed by atoms with E-state index in [0.29, 0.717) is 6.42 Å². The molecule has 0 spiro atoms. The number of hydrogen-bond acceptors (Lipinski definition) is 10. The molecule has 13 heteroatoms. The van der Waals surface area contributed by atoms with Crippen LogP contribution in [0.2, 0.25) is 15.9 Å². The third kappa shape index (κ3) is 16.9. The molecule has 2 aromatic heterocycles. The first-order valence-corrected chi connectivity index (χ1v) is 15.5. The Kier molecular flexibility index (Phi) is 18.5. The Hall–Kier alpha value is -2.04. The largest absolute Gasteiger partial charge is 0.462 e. The van der Waals surface area contributed by atoms with Crippen molar-refractivity contribution in [1.29, 1.82) is 0 Å². The second-order valence-corrected chi connectivity index (χ2v) is 10.6.